The van der Waals surface area contributed by atoms with Crippen LogP contribution in [0.25, 0.3) is 0 Å². The molecule has 2 aromatic rings. The van der Waals surface area contributed by atoms with Crippen LogP contribution in [-0.4, -0.2) is 23.6 Å². The predicted octanol–water partition coefficient (Wildman–Crippen LogP) is 0.396. The van der Waals surface area contributed by atoms with Crippen molar-refractivity contribution in [1.82, 2.24) is 15.2 Å². The predicted molar refractivity (Wildman–Crippen MR) is 66.9 cm³/mol. The number of nitrogen functional groups attached to an aromatic ring is 1. The van der Waals surface area contributed by atoms with Gasteiger partial charge in [0, 0.05) is 5.69 Å². The van der Waals surface area contributed by atoms with E-state index in [-0.39, 0.29) is 11.7 Å². The van der Waals surface area contributed by atoms with Gasteiger partial charge in [0.05, 0.1) is 18.1 Å². The Morgan fingerprint density at radius 3 is 2.78 bits per heavy atom. The number of benzene rings is 1. The summed E-state index contributed by atoms with van der Waals surface area (Å²) in [5.41, 5.74) is 6.68. The quantitative estimate of drug-likeness (QED) is 0.774. The van der Waals surface area contributed by atoms with Crippen LogP contribution < -0.4 is 10.5 Å². The van der Waals surface area contributed by atoms with E-state index in [0.29, 0.717) is 11.3 Å². The highest BCUT2D eigenvalue weighted by Gasteiger charge is 2.13. The van der Waals surface area contributed by atoms with Crippen molar-refractivity contribution in [3.8, 4) is 0 Å². The van der Waals surface area contributed by atoms with Crippen LogP contribution in [0.5, 0.6) is 0 Å². The largest absolute Gasteiger partial charge is 0.399 e. The Morgan fingerprint density at radius 1 is 1.28 bits per heavy atom. The van der Waals surface area contributed by atoms with E-state index in [4.69, 9.17) is 5.73 Å². The van der Waals surface area contributed by atoms with Crippen molar-refractivity contribution in [1.29, 1.82) is 0 Å². The fourth-order valence-corrected chi connectivity index (χ4v) is 2.43. The van der Waals surface area contributed by atoms with Gasteiger partial charge in [-0.25, -0.2) is 18.1 Å². The highest BCUT2D eigenvalue weighted by atomic mass is 32.2. The molecule has 94 valence electrons. The molecule has 1 heterocycles. The molecule has 0 spiro atoms. The summed E-state index contributed by atoms with van der Waals surface area (Å²) in [6, 6.07) is 6.66. The third-order valence-electron chi connectivity index (χ3n) is 2.04. The zero-order valence-corrected chi connectivity index (χ0v) is 10.1. The first kappa shape index (κ1) is 12.2. The van der Waals surface area contributed by atoms with Crippen LogP contribution in [0.15, 0.2) is 36.7 Å². The third-order valence-corrected chi connectivity index (χ3v) is 3.24. The topological polar surface area (TPSA) is 111 Å². The molecule has 0 aliphatic carbocycles. The first-order valence-electron chi connectivity index (χ1n) is 5.04. The lowest BCUT2D eigenvalue weighted by Crippen LogP contribution is -2.17. The second-order valence-corrected chi connectivity index (χ2v) is 5.29. The minimum absolute atomic E-state index is 0.0543. The second kappa shape index (κ2) is 4.96. The highest BCUT2D eigenvalue weighted by Crippen LogP contribution is 2.11. The molecule has 0 aliphatic heterocycles. The molecular formula is C10H11N5O2S. The Labute approximate surface area is 104 Å². The number of sulfonamides is 1. The van der Waals surface area contributed by atoms with Gasteiger partial charge in [0.15, 0.2) is 0 Å². The standard InChI is InChI=1S/C10H11N5O2S/c11-9-3-1-2-8(6-9)7-18(16,17)15-10-12-4-5-13-14-10/h1-6H,7,11H2,(H,12,14,15). The zero-order chi connectivity index (χ0) is 13.0. The Morgan fingerprint density at radius 2 is 2.11 bits per heavy atom. The van der Waals surface area contributed by atoms with E-state index in [1.165, 1.54) is 12.4 Å². The van der Waals surface area contributed by atoms with E-state index >= 15 is 0 Å². The van der Waals surface area contributed by atoms with Crippen LogP contribution in [0.4, 0.5) is 11.6 Å². The number of anilines is 2. The molecule has 0 unspecified atom stereocenters. The van der Waals surface area contributed by atoms with Crippen molar-refractivity contribution in [3.05, 3.63) is 42.2 Å². The fraction of sp³-hybridized carbons (Fsp3) is 0.100. The summed E-state index contributed by atoms with van der Waals surface area (Å²) in [5.74, 6) is -0.252. The monoisotopic (exact) mass is 265 g/mol. The van der Waals surface area contributed by atoms with Crippen LogP contribution in [0.3, 0.4) is 0 Å². The van der Waals surface area contributed by atoms with Crippen LogP contribution in [0.2, 0.25) is 0 Å². The summed E-state index contributed by atoms with van der Waals surface area (Å²) in [6.45, 7) is 0. The Bertz CT molecular complexity index is 630. The molecule has 18 heavy (non-hydrogen) atoms. The van der Waals surface area contributed by atoms with Crippen molar-refractivity contribution in [2.24, 2.45) is 0 Å². The van der Waals surface area contributed by atoms with Crippen molar-refractivity contribution >= 4 is 21.7 Å². The summed E-state index contributed by atoms with van der Waals surface area (Å²) >= 11 is 0. The molecule has 0 fully saturated rings. The molecule has 0 aliphatic rings. The lowest BCUT2D eigenvalue weighted by atomic mass is 10.2. The molecule has 7 nitrogen and oxygen atoms in total. The molecule has 1 aromatic heterocycles. The lowest BCUT2D eigenvalue weighted by Gasteiger charge is -2.06. The molecule has 3 N–H and O–H groups in total. The third kappa shape index (κ3) is 3.39. The molecule has 8 heteroatoms. The fourth-order valence-electron chi connectivity index (χ4n) is 1.37. The van der Waals surface area contributed by atoms with E-state index in [0.717, 1.165) is 0 Å². The van der Waals surface area contributed by atoms with Gasteiger partial charge in [-0.1, -0.05) is 12.1 Å². The maximum atomic E-state index is 11.8. The number of nitrogens with two attached hydrogens (primary N) is 1. The van der Waals surface area contributed by atoms with Gasteiger partial charge in [-0.3, -0.25) is 0 Å². The average molecular weight is 265 g/mol. The molecule has 0 radical (unpaired) electrons. The maximum Gasteiger partial charge on any atom is 0.256 e. The summed E-state index contributed by atoms with van der Waals surface area (Å²) in [6.07, 6.45) is 2.71. The summed E-state index contributed by atoms with van der Waals surface area (Å²) in [4.78, 5) is 3.73. The Balaban J connectivity index is 2.13. The van der Waals surface area contributed by atoms with Gasteiger partial charge in [0.1, 0.15) is 0 Å². The van der Waals surface area contributed by atoms with Crippen molar-refractivity contribution < 1.29 is 8.42 Å². The Kier molecular flexibility index (Phi) is 3.38. The maximum absolute atomic E-state index is 11.8. The van der Waals surface area contributed by atoms with Gasteiger partial charge in [0.2, 0.25) is 10.0 Å². The van der Waals surface area contributed by atoms with Crippen molar-refractivity contribution in [2.45, 2.75) is 5.75 Å². The molecule has 0 saturated heterocycles. The van der Waals surface area contributed by atoms with Gasteiger partial charge in [-0.05, 0) is 17.7 Å². The molecule has 0 amide bonds. The molecular weight excluding hydrogens is 254 g/mol. The van der Waals surface area contributed by atoms with Crippen LogP contribution >= 0.6 is 0 Å². The van der Waals surface area contributed by atoms with Crippen LogP contribution in [0, 0.1) is 0 Å². The van der Waals surface area contributed by atoms with Crippen LogP contribution in [0.1, 0.15) is 5.56 Å². The molecule has 1 aromatic carbocycles. The number of hydrogen-bond acceptors (Lipinski definition) is 6. The van der Waals surface area contributed by atoms with E-state index in [1.807, 2.05) is 0 Å². The molecule has 0 bridgehead atoms. The molecule has 0 atom stereocenters. The van der Waals surface area contributed by atoms with E-state index < -0.39 is 10.0 Å². The molecule has 2 rings (SSSR count). The normalized spacial score (nSPS) is 11.1. The lowest BCUT2D eigenvalue weighted by molar-refractivity contribution is 0.600. The minimum atomic E-state index is -3.57. The number of nitrogens with zero attached hydrogens (tertiary/aromatic N) is 3. The van der Waals surface area contributed by atoms with E-state index in [2.05, 4.69) is 19.9 Å². The first-order valence-corrected chi connectivity index (χ1v) is 6.69. The summed E-state index contributed by atoms with van der Waals surface area (Å²) in [7, 11) is -3.57. The van der Waals surface area contributed by atoms with Gasteiger partial charge >= 0.3 is 0 Å². The van der Waals surface area contributed by atoms with E-state index in [1.54, 1.807) is 24.3 Å². The molecule has 0 saturated carbocycles. The van der Waals surface area contributed by atoms with Crippen LogP contribution in [-0.2, 0) is 15.8 Å². The SMILES string of the molecule is Nc1cccc(CS(=O)(=O)Nc2nccnn2)c1. The summed E-state index contributed by atoms with van der Waals surface area (Å²) in [5, 5.41) is 7.08. The van der Waals surface area contributed by atoms with Gasteiger partial charge in [-0.2, -0.15) is 5.10 Å². The number of rotatable bonds is 4. The van der Waals surface area contributed by atoms with Crippen molar-refractivity contribution in [3.63, 3.8) is 0 Å². The Hall–Kier alpha value is -2.22. The first-order chi connectivity index (χ1) is 8.55. The summed E-state index contributed by atoms with van der Waals surface area (Å²) < 4.78 is 25.9. The van der Waals surface area contributed by atoms with Crippen molar-refractivity contribution in [2.75, 3.05) is 10.5 Å². The smallest absolute Gasteiger partial charge is 0.256 e. The van der Waals surface area contributed by atoms with E-state index in [9.17, 15) is 8.42 Å². The van der Waals surface area contributed by atoms with Gasteiger partial charge in [-0.15, -0.1) is 5.10 Å². The zero-order valence-electron chi connectivity index (χ0n) is 9.31. The highest BCUT2D eigenvalue weighted by molar-refractivity contribution is 7.91. The van der Waals surface area contributed by atoms with Gasteiger partial charge in [0.25, 0.3) is 5.95 Å². The van der Waals surface area contributed by atoms with Gasteiger partial charge < -0.3 is 5.73 Å². The minimum Gasteiger partial charge on any atom is -0.399 e. The number of nitrogens with one attached hydrogen (secondary N) is 1. The second-order valence-electron chi connectivity index (χ2n) is 3.57. The number of aromatic nitrogens is 3. The number of hydrogen-bond donors (Lipinski definition) is 2. The average Bonchev–Trinajstić information content (AvgIpc) is 2.28.